The third-order valence-corrected chi connectivity index (χ3v) is 5.17. The molecule has 0 unspecified atom stereocenters. The standard InChI is InChI=1S/C18H24N4O3/c1-13-14(10-20(2)19-13)11-21-6-5-16-15(12-21)22(7-9-25-16)18(23)17-4-3-8-24-17/h3-4,8,10,15-16H,5-7,9,11-12H2,1-2H3/t15-,16-/m0/s1. The molecule has 2 fully saturated rings. The van der Waals surface area contributed by atoms with E-state index in [1.165, 1.54) is 5.56 Å². The molecule has 0 spiro atoms. The Morgan fingerprint density at radius 1 is 1.40 bits per heavy atom. The number of ether oxygens (including phenoxy) is 1. The molecular formula is C18H24N4O3. The Labute approximate surface area is 147 Å². The van der Waals surface area contributed by atoms with E-state index in [0.717, 1.165) is 31.7 Å². The Morgan fingerprint density at radius 3 is 3.00 bits per heavy atom. The van der Waals surface area contributed by atoms with Crippen LogP contribution in [0.4, 0.5) is 0 Å². The van der Waals surface area contributed by atoms with Crippen molar-refractivity contribution in [3.05, 3.63) is 41.6 Å². The molecule has 0 saturated carbocycles. The van der Waals surface area contributed by atoms with E-state index >= 15 is 0 Å². The van der Waals surface area contributed by atoms with Gasteiger partial charge in [0.25, 0.3) is 5.91 Å². The number of hydrogen-bond donors (Lipinski definition) is 0. The number of carbonyl (C=O) groups excluding carboxylic acids is 1. The molecule has 7 nitrogen and oxygen atoms in total. The summed E-state index contributed by atoms with van der Waals surface area (Å²) in [7, 11) is 1.95. The molecule has 0 N–H and O–H groups in total. The van der Waals surface area contributed by atoms with E-state index in [1.54, 1.807) is 18.4 Å². The molecule has 0 aliphatic carbocycles. The summed E-state index contributed by atoms with van der Waals surface area (Å²) in [6, 6.07) is 3.55. The third kappa shape index (κ3) is 3.21. The minimum absolute atomic E-state index is 0.0392. The molecule has 0 aromatic carbocycles. The molecule has 7 heteroatoms. The molecular weight excluding hydrogens is 320 g/mol. The summed E-state index contributed by atoms with van der Waals surface area (Å²) in [4.78, 5) is 17.1. The molecule has 1 amide bonds. The molecule has 2 aliphatic heterocycles. The van der Waals surface area contributed by atoms with E-state index in [4.69, 9.17) is 9.15 Å². The van der Waals surface area contributed by atoms with Crippen molar-refractivity contribution in [1.29, 1.82) is 0 Å². The first-order valence-corrected chi connectivity index (χ1v) is 8.79. The molecule has 2 aromatic heterocycles. The van der Waals surface area contributed by atoms with Crippen LogP contribution in [-0.4, -0.2) is 63.9 Å². The number of fused-ring (bicyclic) bond motifs is 1. The molecule has 4 rings (SSSR count). The molecule has 25 heavy (non-hydrogen) atoms. The van der Waals surface area contributed by atoms with Crippen LogP contribution in [-0.2, 0) is 18.3 Å². The topological polar surface area (TPSA) is 63.7 Å². The highest BCUT2D eigenvalue weighted by Crippen LogP contribution is 2.26. The van der Waals surface area contributed by atoms with E-state index in [9.17, 15) is 4.79 Å². The average molecular weight is 344 g/mol. The van der Waals surface area contributed by atoms with Crippen molar-refractivity contribution in [2.45, 2.75) is 32.0 Å². The average Bonchev–Trinajstić information content (AvgIpc) is 3.24. The number of nitrogens with zero attached hydrogens (tertiary/aromatic N) is 4. The second-order valence-electron chi connectivity index (χ2n) is 6.89. The zero-order valence-electron chi connectivity index (χ0n) is 14.7. The number of likely N-dealkylation sites (tertiary alicyclic amines) is 1. The van der Waals surface area contributed by atoms with Crippen LogP contribution in [0.3, 0.4) is 0 Å². The molecule has 0 bridgehead atoms. The van der Waals surface area contributed by atoms with E-state index in [0.29, 0.717) is 18.9 Å². The third-order valence-electron chi connectivity index (χ3n) is 5.17. The van der Waals surface area contributed by atoms with Gasteiger partial charge in [-0.1, -0.05) is 0 Å². The van der Waals surface area contributed by atoms with Gasteiger partial charge in [0.2, 0.25) is 0 Å². The van der Waals surface area contributed by atoms with Crippen molar-refractivity contribution in [3.8, 4) is 0 Å². The van der Waals surface area contributed by atoms with Crippen molar-refractivity contribution in [2.24, 2.45) is 7.05 Å². The summed E-state index contributed by atoms with van der Waals surface area (Å²) in [5.74, 6) is 0.364. The number of amides is 1. The minimum Gasteiger partial charge on any atom is -0.459 e. The summed E-state index contributed by atoms with van der Waals surface area (Å²) >= 11 is 0. The van der Waals surface area contributed by atoms with Gasteiger partial charge in [0.15, 0.2) is 5.76 Å². The van der Waals surface area contributed by atoms with Crippen molar-refractivity contribution >= 4 is 5.91 Å². The Kier molecular flexibility index (Phi) is 4.35. The summed E-state index contributed by atoms with van der Waals surface area (Å²) in [5, 5.41) is 4.42. The molecule has 0 radical (unpaired) electrons. The Hall–Kier alpha value is -2.12. The Balaban J connectivity index is 1.49. The maximum absolute atomic E-state index is 12.8. The highest BCUT2D eigenvalue weighted by Gasteiger charge is 2.40. The van der Waals surface area contributed by atoms with Gasteiger partial charge in [-0.2, -0.15) is 5.10 Å². The number of morpholine rings is 1. The highest BCUT2D eigenvalue weighted by atomic mass is 16.5. The predicted octanol–water partition coefficient (Wildman–Crippen LogP) is 1.44. The van der Waals surface area contributed by atoms with Gasteiger partial charge in [0, 0.05) is 45.0 Å². The normalized spacial score (nSPS) is 24.3. The van der Waals surface area contributed by atoms with Crippen LogP contribution in [0.1, 0.15) is 28.2 Å². The first-order chi connectivity index (χ1) is 12.1. The monoisotopic (exact) mass is 344 g/mol. The summed E-state index contributed by atoms with van der Waals surface area (Å²) in [6.45, 7) is 5.88. The van der Waals surface area contributed by atoms with Crippen molar-refractivity contribution in [1.82, 2.24) is 19.6 Å². The number of aryl methyl sites for hydroxylation is 2. The van der Waals surface area contributed by atoms with Crippen LogP contribution in [0.5, 0.6) is 0 Å². The molecule has 2 atom stereocenters. The van der Waals surface area contributed by atoms with E-state index < -0.39 is 0 Å². The van der Waals surface area contributed by atoms with Crippen LogP contribution < -0.4 is 0 Å². The van der Waals surface area contributed by atoms with Gasteiger partial charge in [0.1, 0.15) is 0 Å². The second kappa shape index (κ2) is 6.65. The fraction of sp³-hybridized carbons (Fsp3) is 0.556. The summed E-state index contributed by atoms with van der Waals surface area (Å²) in [6.07, 6.45) is 4.67. The number of piperidine rings is 1. The highest BCUT2D eigenvalue weighted by molar-refractivity contribution is 5.91. The predicted molar refractivity (Wildman–Crippen MR) is 91.1 cm³/mol. The Morgan fingerprint density at radius 2 is 2.28 bits per heavy atom. The maximum atomic E-state index is 12.8. The summed E-state index contributed by atoms with van der Waals surface area (Å²) < 4.78 is 13.1. The smallest absolute Gasteiger partial charge is 0.290 e. The fourth-order valence-electron chi connectivity index (χ4n) is 3.92. The first kappa shape index (κ1) is 16.4. The number of hydrogen-bond acceptors (Lipinski definition) is 5. The molecule has 2 saturated heterocycles. The lowest BCUT2D eigenvalue weighted by Gasteiger charge is -2.46. The molecule has 134 valence electrons. The van der Waals surface area contributed by atoms with Gasteiger partial charge in [-0.05, 0) is 25.5 Å². The van der Waals surface area contributed by atoms with E-state index in [2.05, 4.69) is 16.2 Å². The number of furan rings is 1. The maximum Gasteiger partial charge on any atom is 0.290 e. The summed E-state index contributed by atoms with van der Waals surface area (Å²) in [5.41, 5.74) is 2.30. The SMILES string of the molecule is Cc1nn(C)cc1CN1CC[C@@H]2OCCN(C(=O)c3ccco3)[C@H]2C1. The Bertz CT molecular complexity index is 740. The van der Waals surface area contributed by atoms with Crippen molar-refractivity contribution in [3.63, 3.8) is 0 Å². The van der Waals surface area contributed by atoms with Gasteiger partial charge in [-0.15, -0.1) is 0 Å². The zero-order chi connectivity index (χ0) is 17.4. The van der Waals surface area contributed by atoms with Gasteiger partial charge in [0.05, 0.1) is 30.7 Å². The van der Waals surface area contributed by atoms with Crippen LogP contribution in [0.2, 0.25) is 0 Å². The number of rotatable bonds is 3. The molecule has 2 aliphatic rings. The lowest BCUT2D eigenvalue weighted by atomic mass is 9.98. The van der Waals surface area contributed by atoms with Gasteiger partial charge in [-0.25, -0.2) is 0 Å². The van der Waals surface area contributed by atoms with Crippen LogP contribution in [0.25, 0.3) is 0 Å². The quantitative estimate of drug-likeness (QED) is 0.843. The van der Waals surface area contributed by atoms with Crippen LogP contribution in [0, 0.1) is 6.92 Å². The van der Waals surface area contributed by atoms with Crippen LogP contribution in [0.15, 0.2) is 29.0 Å². The number of aromatic nitrogens is 2. The molecule has 2 aromatic rings. The largest absolute Gasteiger partial charge is 0.459 e. The lowest BCUT2D eigenvalue weighted by molar-refractivity contribution is -0.0920. The second-order valence-corrected chi connectivity index (χ2v) is 6.89. The van der Waals surface area contributed by atoms with E-state index in [1.807, 2.05) is 23.6 Å². The van der Waals surface area contributed by atoms with Crippen LogP contribution >= 0.6 is 0 Å². The zero-order valence-corrected chi connectivity index (χ0v) is 14.7. The first-order valence-electron chi connectivity index (χ1n) is 8.79. The molecule has 4 heterocycles. The lowest BCUT2D eigenvalue weighted by Crippen LogP contribution is -2.61. The van der Waals surface area contributed by atoms with Crippen molar-refractivity contribution in [2.75, 3.05) is 26.2 Å². The fourth-order valence-corrected chi connectivity index (χ4v) is 3.92. The minimum atomic E-state index is -0.0392. The van der Waals surface area contributed by atoms with Gasteiger partial charge < -0.3 is 14.1 Å². The van der Waals surface area contributed by atoms with Gasteiger partial charge in [-0.3, -0.25) is 14.4 Å². The van der Waals surface area contributed by atoms with Gasteiger partial charge >= 0.3 is 0 Å². The van der Waals surface area contributed by atoms with E-state index in [-0.39, 0.29) is 18.1 Å². The van der Waals surface area contributed by atoms with Crippen molar-refractivity contribution < 1.29 is 13.9 Å². The number of carbonyl (C=O) groups is 1.